The summed E-state index contributed by atoms with van der Waals surface area (Å²) < 4.78 is 5.23. The van der Waals surface area contributed by atoms with Gasteiger partial charge in [0.1, 0.15) is 0 Å². The largest absolute Gasteiger partial charge is 0.381 e. The number of likely N-dealkylation sites (tertiary alicyclic amines) is 1. The highest BCUT2D eigenvalue weighted by molar-refractivity contribution is 5.77. The number of rotatable bonds is 8. The van der Waals surface area contributed by atoms with Gasteiger partial charge >= 0.3 is 0 Å². The molecule has 1 saturated heterocycles. The van der Waals surface area contributed by atoms with Crippen LogP contribution in [0, 0.1) is 0 Å². The summed E-state index contributed by atoms with van der Waals surface area (Å²) in [5.74, 6) is 0.0796. The van der Waals surface area contributed by atoms with Crippen LogP contribution in [0.4, 0.5) is 0 Å². The van der Waals surface area contributed by atoms with Crippen molar-refractivity contribution in [1.29, 1.82) is 0 Å². The van der Waals surface area contributed by atoms with Crippen molar-refractivity contribution >= 4 is 11.8 Å². The van der Waals surface area contributed by atoms with Crippen molar-refractivity contribution < 1.29 is 14.3 Å². The fourth-order valence-corrected chi connectivity index (χ4v) is 2.44. The SMILES string of the molecule is CCOCCC(=O)N1CCCCC1CNC(=O)CCN. The average Bonchev–Trinajstić information content (AvgIpc) is 2.46. The van der Waals surface area contributed by atoms with E-state index in [1.54, 1.807) is 0 Å². The fourth-order valence-electron chi connectivity index (χ4n) is 2.44. The van der Waals surface area contributed by atoms with Crippen LogP contribution in [0.1, 0.15) is 39.0 Å². The number of nitrogens with zero attached hydrogens (tertiary/aromatic N) is 1. The van der Waals surface area contributed by atoms with Crippen molar-refractivity contribution in [1.82, 2.24) is 10.2 Å². The maximum atomic E-state index is 12.2. The molecule has 0 aromatic rings. The molecule has 0 spiro atoms. The number of piperidine rings is 1. The number of hydrogen-bond acceptors (Lipinski definition) is 4. The molecular weight excluding hydrogens is 258 g/mol. The maximum absolute atomic E-state index is 12.2. The molecule has 1 aliphatic heterocycles. The summed E-state index contributed by atoms with van der Waals surface area (Å²) in [6.45, 7) is 4.68. The van der Waals surface area contributed by atoms with Crippen LogP contribution in [0.15, 0.2) is 0 Å². The van der Waals surface area contributed by atoms with Gasteiger partial charge in [0.25, 0.3) is 0 Å². The van der Waals surface area contributed by atoms with Crippen molar-refractivity contribution in [3.8, 4) is 0 Å². The number of carbonyl (C=O) groups is 2. The Morgan fingerprint density at radius 1 is 1.35 bits per heavy atom. The summed E-state index contributed by atoms with van der Waals surface area (Å²) >= 11 is 0. The summed E-state index contributed by atoms with van der Waals surface area (Å²) in [7, 11) is 0. The van der Waals surface area contributed by atoms with Crippen LogP contribution in [-0.4, -0.2) is 55.6 Å². The van der Waals surface area contributed by atoms with Crippen molar-refractivity contribution in [2.24, 2.45) is 5.73 Å². The molecule has 0 aromatic heterocycles. The van der Waals surface area contributed by atoms with E-state index >= 15 is 0 Å². The molecule has 1 atom stereocenters. The molecule has 1 heterocycles. The minimum Gasteiger partial charge on any atom is -0.381 e. The van der Waals surface area contributed by atoms with Crippen LogP contribution < -0.4 is 11.1 Å². The maximum Gasteiger partial charge on any atom is 0.225 e. The highest BCUT2D eigenvalue weighted by atomic mass is 16.5. The topological polar surface area (TPSA) is 84.7 Å². The standard InChI is InChI=1S/C14H27N3O3/c1-2-20-10-7-14(19)17-9-4-3-5-12(17)11-16-13(18)6-8-15/h12H,2-11,15H2,1H3,(H,16,18). The number of nitrogens with one attached hydrogen (secondary N) is 1. The first-order chi connectivity index (χ1) is 9.69. The van der Waals surface area contributed by atoms with Gasteiger partial charge in [-0.15, -0.1) is 0 Å². The third kappa shape index (κ3) is 5.88. The van der Waals surface area contributed by atoms with E-state index in [0.717, 1.165) is 25.8 Å². The molecule has 3 N–H and O–H groups in total. The Labute approximate surface area is 121 Å². The van der Waals surface area contributed by atoms with Crippen LogP contribution in [0.5, 0.6) is 0 Å². The van der Waals surface area contributed by atoms with Crippen LogP contribution in [-0.2, 0) is 14.3 Å². The quantitative estimate of drug-likeness (QED) is 0.627. The van der Waals surface area contributed by atoms with Crippen molar-refractivity contribution in [2.75, 3.05) is 32.8 Å². The molecule has 1 aliphatic rings. The van der Waals surface area contributed by atoms with E-state index < -0.39 is 0 Å². The van der Waals surface area contributed by atoms with Gasteiger partial charge in [-0.25, -0.2) is 0 Å². The number of hydrogen-bond donors (Lipinski definition) is 2. The molecule has 1 rings (SSSR count). The molecule has 1 unspecified atom stereocenters. The molecule has 116 valence electrons. The lowest BCUT2D eigenvalue weighted by Crippen LogP contribution is -2.49. The third-order valence-corrected chi connectivity index (χ3v) is 3.52. The molecule has 0 saturated carbocycles. The van der Waals surface area contributed by atoms with Crippen molar-refractivity contribution in [2.45, 2.75) is 45.1 Å². The molecule has 0 bridgehead atoms. The first-order valence-electron chi connectivity index (χ1n) is 7.53. The van der Waals surface area contributed by atoms with Crippen LogP contribution in [0.25, 0.3) is 0 Å². The van der Waals surface area contributed by atoms with Crippen LogP contribution >= 0.6 is 0 Å². The zero-order chi connectivity index (χ0) is 14.8. The minimum atomic E-state index is -0.0419. The lowest BCUT2D eigenvalue weighted by atomic mass is 10.0. The van der Waals surface area contributed by atoms with E-state index in [1.165, 1.54) is 0 Å². The lowest BCUT2D eigenvalue weighted by molar-refractivity contribution is -0.136. The van der Waals surface area contributed by atoms with Gasteiger partial charge < -0.3 is 20.7 Å². The van der Waals surface area contributed by atoms with Crippen LogP contribution in [0.3, 0.4) is 0 Å². The molecule has 0 radical (unpaired) electrons. The second-order valence-corrected chi connectivity index (χ2v) is 5.03. The molecule has 6 heteroatoms. The second kappa shape index (κ2) is 9.72. The van der Waals surface area contributed by atoms with E-state index in [2.05, 4.69) is 5.32 Å². The van der Waals surface area contributed by atoms with Gasteiger partial charge in [0.05, 0.1) is 13.0 Å². The zero-order valence-corrected chi connectivity index (χ0v) is 12.4. The van der Waals surface area contributed by atoms with Crippen molar-refractivity contribution in [3.05, 3.63) is 0 Å². The Hall–Kier alpha value is -1.14. The van der Waals surface area contributed by atoms with Gasteiger partial charge in [-0.3, -0.25) is 9.59 Å². The van der Waals surface area contributed by atoms with E-state index in [-0.39, 0.29) is 17.9 Å². The predicted octanol–water partition coefficient (Wildman–Crippen LogP) is 0.259. The van der Waals surface area contributed by atoms with E-state index in [1.807, 2.05) is 11.8 Å². The van der Waals surface area contributed by atoms with Gasteiger partial charge in [0, 0.05) is 38.7 Å². The Morgan fingerprint density at radius 2 is 2.15 bits per heavy atom. The third-order valence-electron chi connectivity index (χ3n) is 3.52. The number of carbonyl (C=O) groups excluding carboxylic acids is 2. The number of nitrogens with two attached hydrogens (primary N) is 1. The minimum absolute atomic E-state index is 0.0419. The molecule has 6 nitrogen and oxygen atoms in total. The highest BCUT2D eigenvalue weighted by Gasteiger charge is 2.26. The van der Waals surface area contributed by atoms with E-state index in [9.17, 15) is 9.59 Å². The summed E-state index contributed by atoms with van der Waals surface area (Å²) in [5, 5.41) is 2.86. The van der Waals surface area contributed by atoms with E-state index in [0.29, 0.717) is 39.1 Å². The Bertz CT molecular complexity index is 310. The first kappa shape index (κ1) is 16.9. The number of amides is 2. The molecule has 20 heavy (non-hydrogen) atoms. The Morgan fingerprint density at radius 3 is 2.85 bits per heavy atom. The summed E-state index contributed by atoms with van der Waals surface area (Å²) in [6.07, 6.45) is 3.84. The average molecular weight is 285 g/mol. The molecule has 0 aliphatic carbocycles. The fraction of sp³-hybridized carbons (Fsp3) is 0.857. The smallest absolute Gasteiger partial charge is 0.225 e. The summed E-state index contributed by atoms with van der Waals surface area (Å²) in [5.41, 5.74) is 5.34. The first-order valence-corrected chi connectivity index (χ1v) is 7.53. The van der Waals surface area contributed by atoms with Gasteiger partial charge in [0.2, 0.25) is 11.8 Å². The second-order valence-electron chi connectivity index (χ2n) is 5.03. The van der Waals surface area contributed by atoms with Gasteiger partial charge in [0.15, 0.2) is 0 Å². The number of ether oxygens (including phenoxy) is 1. The van der Waals surface area contributed by atoms with Gasteiger partial charge in [-0.1, -0.05) is 0 Å². The Kier molecular flexibility index (Phi) is 8.22. The lowest BCUT2D eigenvalue weighted by Gasteiger charge is -2.36. The zero-order valence-electron chi connectivity index (χ0n) is 12.4. The molecule has 1 fully saturated rings. The van der Waals surface area contributed by atoms with Gasteiger partial charge in [-0.05, 0) is 26.2 Å². The molecule has 0 aromatic carbocycles. The van der Waals surface area contributed by atoms with Crippen molar-refractivity contribution in [3.63, 3.8) is 0 Å². The summed E-state index contributed by atoms with van der Waals surface area (Å²) in [4.78, 5) is 25.5. The monoisotopic (exact) mass is 285 g/mol. The normalized spacial score (nSPS) is 18.9. The summed E-state index contributed by atoms with van der Waals surface area (Å²) in [6, 6.07) is 0.111. The molecular formula is C14H27N3O3. The van der Waals surface area contributed by atoms with E-state index in [4.69, 9.17) is 10.5 Å². The van der Waals surface area contributed by atoms with Crippen LogP contribution in [0.2, 0.25) is 0 Å². The van der Waals surface area contributed by atoms with Gasteiger partial charge in [-0.2, -0.15) is 0 Å². The Balaban J connectivity index is 2.40. The predicted molar refractivity (Wildman–Crippen MR) is 77.1 cm³/mol. The highest BCUT2D eigenvalue weighted by Crippen LogP contribution is 2.17. The molecule has 2 amide bonds.